The molecule has 0 amide bonds. The molecule has 1 aliphatic rings. The molecule has 5 heteroatoms. The lowest BCUT2D eigenvalue weighted by atomic mass is 10.5. The number of rotatable bonds is 3. The van der Waals surface area contributed by atoms with E-state index in [1.807, 2.05) is 0 Å². The van der Waals surface area contributed by atoms with E-state index < -0.39 is 0 Å². The summed E-state index contributed by atoms with van der Waals surface area (Å²) < 4.78 is 4.76. The van der Waals surface area contributed by atoms with Crippen molar-refractivity contribution in [2.45, 2.75) is 0 Å². The number of carbonyl (C=O) groups excluding carboxylic acids is 1. The third-order valence-electron chi connectivity index (χ3n) is 1.13. The van der Waals surface area contributed by atoms with Crippen LogP contribution in [-0.4, -0.2) is 24.7 Å². The van der Waals surface area contributed by atoms with Crippen LogP contribution >= 0.6 is 12.6 Å². The van der Waals surface area contributed by atoms with Gasteiger partial charge in [0.05, 0.1) is 5.75 Å². The molecule has 0 fully saturated rings. The Morgan fingerprint density at radius 3 is 3.18 bits per heavy atom. The lowest BCUT2D eigenvalue weighted by Gasteiger charge is -1.98. The van der Waals surface area contributed by atoms with Gasteiger partial charge in [-0.3, -0.25) is 10.1 Å². The number of ether oxygens (including phenoxy) is 1. The van der Waals surface area contributed by atoms with E-state index in [0.29, 0.717) is 0 Å². The first-order chi connectivity index (χ1) is 5.33. The van der Waals surface area contributed by atoms with Gasteiger partial charge in [-0.2, -0.15) is 17.6 Å². The van der Waals surface area contributed by atoms with E-state index in [0.717, 1.165) is 5.70 Å². The summed E-state index contributed by atoms with van der Waals surface area (Å²) >= 11 is 3.75. The summed E-state index contributed by atoms with van der Waals surface area (Å²) in [5.41, 5.74) is 0.764. The van der Waals surface area contributed by atoms with E-state index in [1.165, 1.54) is 0 Å². The predicted octanol–water partition coefficient (Wildman–Crippen LogP) is -1.09. The minimum absolute atomic E-state index is 0.112. The Balaban J connectivity index is 2.22. The molecule has 0 saturated heterocycles. The van der Waals surface area contributed by atoms with Crippen molar-refractivity contribution in [2.75, 3.05) is 12.4 Å². The van der Waals surface area contributed by atoms with Crippen LogP contribution in [0.25, 0.3) is 0 Å². The summed E-state index contributed by atoms with van der Waals surface area (Å²) in [4.78, 5) is 14.5. The van der Waals surface area contributed by atoms with Gasteiger partial charge in [0.1, 0.15) is 18.5 Å². The van der Waals surface area contributed by atoms with Crippen molar-refractivity contribution in [1.82, 2.24) is 0 Å². The van der Waals surface area contributed by atoms with Crippen LogP contribution in [0.15, 0.2) is 16.9 Å². The minimum Gasteiger partial charge on any atom is -0.458 e. The maximum absolute atomic E-state index is 10.6. The Morgan fingerprint density at radius 2 is 2.64 bits per heavy atom. The SMILES string of the molecule is O=C(CS)OCC1=C[NH2+]C=N1. The van der Waals surface area contributed by atoms with Gasteiger partial charge in [0.2, 0.25) is 0 Å². The molecule has 0 atom stereocenters. The van der Waals surface area contributed by atoms with Crippen LogP contribution in [0.1, 0.15) is 0 Å². The molecular weight excluding hydrogens is 164 g/mol. The van der Waals surface area contributed by atoms with Crippen LogP contribution in [0.2, 0.25) is 0 Å². The molecule has 1 heterocycles. The van der Waals surface area contributed by atoms with E-state index in [4.69, 9.17) is 4.74 Å². The van der Waals surface area contributed by atoms with E-state index in [1.54, 1.807) is 17.9 Å². The van der Waals surface area contributed by atoms with Crippen molar-refractivity contribution in [3.05, 3.63) is 11.9 Å². The first kappa shape index (κ1) is 8.29. The fraction of sp³-hybridized carbons (Fsp3) is 0.333. The maximum atomic E-state index is 10.6. The number of quaternary nitrogens is 1. The third-order valence-corrected chi connectivity index (χ3v) is 1.38. The zero-order valence-corrected chi connectivity index (χ0v) is 6.75. The lowest BCUT2D eigenvalue weighted by Crippen LogP contribution is -2.74. The average molecular weight is 173 g/mol. The molecule has 11 heavy (non-hydrogen) atoms. The van der Waals surface area contributed by atoms with Crippen molar-refractivity contribution >= 4 is 24.9 Å². The molecule has 0 unspecified atom stereocenters. The van der Waals surface area contributed by atoms with Gasteiger partial charge in [-0.15, -0.1) is 0 Å². The second kappa shape index (κ2) is 4.15. The van der Waals surface area contributed by atoms with Crippen molar-refractivity contribution < 1.29 is 14.8 Å². The molecule has 60 valence electrons. The summed E-state index contributed by atoms with van der Waals surface area (Å²) in [7, 11) is 0. The number of nitrogens with zero attached hydrogens (tertiary/aromatic N) is 1. The monoisotopic (exact) mass is 173 g/mol. The molecule has 0 radical (unpaired) electrons. The molecular formula is C6H9N2O2S+. The highest BCUT2D eigenvalue weighted by molar-refractivity contribution is 7.81. The van der Waals surface area contributed by atoms with Crippen molar-refractivity contribution in [2.24, 2.45) is 4.99 Å². The zero-order valence-electron chi connectivity index (χ0n) is 5.86. The van der Waals surface area contributed by atoms with Gasteiger partial charge in [-0.25, -0.2) is 0 Å². The van der Waals surface area contributed by atoms with E-state index in [9.17, 15) is 4.79 Å². The standard InChI is InChI=1S/C6H8N2O2S/c9-6(3-11)10-2-5-1-7-4-8-5/h1,4,11H,2-3H2,(H,7,8)/p+1. The molecule has 4 nitrogen and oxygen atoms in total. The molecule has 1 rings (SSSR count). The van der Waals surface area contributed by atoms with Crippen LogP contribution in [0.5, 0.6) is 0 Å². The molecule has 1 aliphatic heterocycles. The number of esters is 1. The molecule has 0 aromatic carbocycles. The first-order valence-electron chi connectivity index (χ1n) is 3.16. The lowest BCUT2D eigenvalue weighted by molar-refractivity contribution is -0.447. The molecule has 0 saturated carbocycles. The molecule has 0 aliphatic carbocycles. The Kier molecular flexibility index (Phi) is 3.13. The Labute approximate surface area is 69.7 Å². The Bertz CT molecular complexity index is 213. The van der Waals surface area contributed by atoms with E-state index >= 15 is 0 Å². The zero-order chi connectivity index (χ0) is 8.10. The summed E-state index contributed by atoms with van der Waals surface area (Å²) in [6.45, 7) is 0.242. The van der Waals surface area contributed by atoms with Crippen molar-refractivity contribution in [3.63, 3.8) is 0 Å². The Hall–Kier alpha value is -0.810. The molecule has 0 bridgehead atoms. The summed E-state index contributed by atoms with van der Waals surface area (Å²) in [5.74, 6) is -0.211. The number of hydrogen-bond donors (Lipinski definition) is 2. The number of aliphatic imine (C=N–C) groups is 1. The Morgan fingerprint density at radius 1 is 1.82 bits per heavy atom. The van der Waals surface area contributed by atoms with Gasteiger partial charge in [0.15, 0.2) is 6.34 Å². The predicted molar refractivity (Wildman–Crippen MR) is 43.3 cm³/mol. The maximum Gasteiger partial charge on any atom is 0.316 e. The smallest absolute Gasteiger partial charge is 0.316 e. The topological polar surface area (TPSA) is 55.3 Å². The van der Waals surface area contributed by atoms with Gasteiger partial charge < -0.3 is 4.74 Å². The normalized spacial score (nSPS) is 14.8. The number of hydrogen-bond acceptors (Lipinski definition) is 4. The fourth-order valence-electron chi connectivity index (χ4n) is 0.621. The fourth-order valence-corrected chi connectivity index (χ4v) is 0.713. The van der Waals surface area contributed by atoms with Crippen LogP contribution in [0.4, 0.5) is 0 Å². The van der Waals surface area contributed by atoms with Crippen molar-refractivity contribution in [1.29, 1.82) is 0 Å². The highest BCUT2D eigenvalue weighted by atomic mass is 32.1. The largest absolute Gasteiger partial charge is 0.458 e. The van der Waals surface area contributed by atoms with Gasteiger partial charge in [0.25, 0.3) is 0 Å². The molecule has 2 N–H and O–H groups in total. The van der Waals surface area contributed by atoms with Crippen LogP contribution < -0.4 is 5.32 Å². The second-order valence-corrected chi connectivity index (χ2v) is 2.26. The summed E-state index contributed by atoms with van der Waals surface area (Å²) in [6.07, 6.45) is 3.45. The molecule has 0 aromatic rings. The highest BCUT2D eigenvalue weighted by Crippen LogP contribution is 1.96. The first-order valence-corrected chi connectivity index (χ1v) is 3.79. The van der Waals surface area contributed by atoms with E-state index in [2.05, 4.69) is 17.6 Å². The van der Waals surface area contributed by atoms with Gasteiger partial charge in [-0.05, 0) is 0 Å². The van der Waals surface area contributed by atoms with Crippen LogP contribution in [0.3, 0.4) is 0 Å². The second-order valence-electron chi connectivity index (χ2n) is 1.95. The number of thiol groups is 1. The number of nitrogens with two attached hydrogens (primary N) is 1. The van der Waals surface area contributed by atoms with Gasteiger partial charge in [0, 0.05) is 0 Å². The summed E-state index contributed by atoms with van der Waals surface area (Å²) in [6, 6.07) is 0. The summed E-state index contributed by atoms with van der Waals surface area (Å²) in [5, 5.41) is 1.80. The molecule has 0 spiro atoms. The average Bonchev–Trinajstić information content (AvgIpc) is 2.52. The van der Waals surface area contributed by atoms with Crippen LogP contribution in [-0.2, 0) is 9.53 Å². The van der Waals surface area contributed by atoms with Crippen LogP contribution in [0, 0.1) is 0 Å². The van der Waals surface area contributed by atoms with Gasteiger partial charge in [-0.1, -0.05) is 0 Å². The van der Waals surface area contributed by atoms with E-state index in [-0.39, 0.29) is 18.3 Å². The van der Waals surface area contributed by atoms with Crippen molar-refractivity contribution in [3.8, 4) is 0 Å². The highest BCUT2D eigenvalue weighted by Gasteiger charge is 2.05. The number of carbonyl (C=O) groups is 1. The van der Waals surface area contributed by atoms with Gasteiger partial charge >= 0.3 is 5.97 Å². The third kappa shape index (κ3) is 2.73. The quantitative estimate of drug-likeness (QED) is 0.421. The molecule has 0 aromatic heterocycles. The minimum atomic E-state index is -0.323.